The van der Waals surface area contributed by atoms with E-state index in [1.54, 1.807) is 13.2 Å². The molecular weight excluding hydrogens is 416 g/mol. The standard InChI is InChI=1S/C20H28N2O3S2.C3H8/c1-4-8-17(25-14-16-9-5-6-10-18(16)21)13-19(27-3)20(23)22(15-26)11-7-12-24-2;1-3-2/h5-6,8-10,13,15H,4,7,11-12,14,21H2,1-3H3;3H2,1-2H3/p+1/b17-8-,19-13+;. The summed E-state index contributed by atoms with van der Waals surface area (Å²) < 4.78 is 11.0. The number of methoxy groups -OCH3 is 1. The van der Waals surface area contributed by atoms with Gasteiger partial charge < -0.3 is 20.1 Å². The third-order valence-electron chi connectivity index (χ3n) is 3.76. The van der Waals surface area contributed by atoms with Crippen LogP contribution in [-0.2, 0) is 20.9 Å². The molecule has 0 aliphatic rings. The lowest BCUT2D eigenvalue weighted by molar-refractivity contribution is -0.256. The Kier molecular flexibility index (Phi) is 17.1. The van der Waals surface area contributed by atoms with E-state index in [0.29, 0.717) is 30.4 Å². The highest BCUT2D eigenvalue weighted by molar-refractivity contribution is 8.03. The molecule has 1 aromatic rings. The molecule has 7 heteroatoms. The third kappa shape index (κ3) is 11.5. The molecule has 0 fully saturated rings. The van der Waals surface area contributed by atoms with Crippen molar-refractivity contribution in [3.05, 3.63) is 52.6 Å². The van der Waals surface area contributed by atoms with E-state index in [1.165, 1.54) is 28.6 Å². The van der Waals surface area contributed by atoms with Crippen molar-refractivity contribution in [2.75, 3.05) is 26.5 Å². The zero-order chi connectivity index (χ0) is 22.8. The molecule has 5 nitrogen and oxygen atoms in total. The molecule has 1 aromatic carbocycles. The van der Waals surface area contributed by atoms with Crippen molar-refractivity contribution >= 4 is 41.1 Å². The Bertz CT molecular complexity index is 691. The topological polar surface area (TPSA) is 66.4 Å². The number of hydrogen-bond acceptors (Lipinski definition) is 5. The van der Waals surface area contributed by atoms with Crippen LogP contribution in [0.5, 0.6) is 0 Å². The summed E-state index contributed by atoms with van der Waals surface area (Å²) in [5.74, 6) is 0.538. The fourth-order valence-corrected chi connectivity index (χ4v) is 3.01. The van der Waals surface area contributed by atoms with Crippen LogP contribution in [0.1, 0.15) is 45.6 Å². The van der Waals surface area contributed by atoms with Crippen LogP contribution in [0.25, 0.3) is 0 Å². The fourth-order valence-electron chi connectivity index (χ4n) is 2.28. The Morgan fingerprint density at radius 3 is 2.47 bits per heavy atom. The van der Waals surface area contributed by atoms with Gasteiger partial charge in [-0.05, 0) is 43.4 Å². The molecule has 0 unspecified atom stereocenters. The Morgan fingerprint density at radius 1 is 1.27 bits per heavy atom. The summed E-state index contributed by atoms with van der Waals surface area (Å²) in [6.07, 6.45) is 8.39. The van der Waals surface area contributed by atoms with Crippen molar-refractivity contribution in [1.82, 2.24) is 4.90 Å². The van der Waals surface area contributed by atoms with Gasteiger partial charge in [0.1, 0.15) is 18.1 Å². The molecule has 1 amide bonds. The van der Waals surface area contributed by atoms with Crippen LogP contribution in [0.15, 0.2) is 47.1 Å². The van der Waals surface area contributed by atoms with Crippen LogP contribution in [0, 0.1) is 0 Å². The normalized spacial score (nSPS) is 11.4. The number of thiocarbonyl (C=S) groups is 1. The molecule has 0 bridgehead atoms. The maximum Gasteiger partial charge on any atom is 0.264 e. The molecule has 0 aliphatic heterocycles. The molecule has 0 radical (unpaired) electrons. The third-order valence-corrected chi connectivity index (χ3v) is 4.74. The monoisotopic (exact) mass is 453 g/mol. The summed E-state index contributed by atoms with van der Waals surface area (Å²) in [5.41, 5.74) is 7.36. The van der Waals surface area contributed by atoms with Gasteiger partial charge in [-0.25, -0.2) is 0 Å². The number of quaternary nitrogens is 1. The minimum atomic E-state index is -0.128. The van der Waals surface area contributed by atoms with Crippen LogP contribution in [0.4, 0.5) is 5.69 Å². The summed E-state index contributed by atoms with van der Waals surface area (Å²) >= 11 is 6.39. The van der Waals surface area contributed by atoms with Gasteiger partial charge in [-0.15, -0.1) is 11.8 Å². The second kappa shape index (κ2) is 18.1. The molecule has 0 spiro atoms. The van der Waals surface area contributed by atoms with Crippen molar-refractivity contribution in [1.29, 1.82) is 0 Å². The van der Waals surface area contributed by atoms with E-state index < -0.39 is 0 Å². The summed E-state index contributed by atoms with van der Waals surface area (Å²) in [6, 6.07) is 7.84. The highest BCUT2D eigenvalue weighted by atomic mass is 32.2. The average molecular weight is 454 g/mol. The lowest BCUT2D eigenvalue weighted by Gasteiger charge is -2.18. The van der Waals surface area contributed by atoms with Crippen molar-refractivity contribution in [3.8, 4) is 0 Å². The smallest absolute Gasteiger partial charge is 0.264 e. The van der Waals surface area contributed by atoms with E-state index >= 15 is 0 Å². The second-order valence-corrected chi connectivity index (χ2v) is 7.50. The zero-order valence-electron chi connectivity index (χ0n) is 19.0. The Balaban J connectivity index is 0.00000263. The second-order valence-electron chi connectivity index (χ2n) is 6.44. The van der Waals surface area contributed by atoms with Gasteiger partial charge >= 0.3 is 0 Å². The minimum Gasteiger partial charge on any atom is -0.489 e. The summed E-state index contributed by atoms with van der Waals surface area (Å²) in [4.78, 5) is 14.9. The number of ether oxygens (including phenoxy) is 2. The first kappa shape index (κ1) is 28.3. The number of carbonyl (C=O) groups is 1. The number of benzene rings is 1. The largest absolute Gasteiger partial charge is 0.489 e. The quantitative estimate of drug-likeness (QED) is 0.161. The molecule has 30 heavy (non-hydrogen) atoms. The summed E-state index contributed by atoms with van der Waals surface area (Å²) in [7, 11) is 1.64. The maximum atomic E-state index is 12.8. The van der Waals surface area contributed by atoms with Gasteiger partial charge in [0.05, 0.1) is 16.0 Å². The van der Waals surface area contributed by atoms with E-state index in [2.05, 4.69) is 19.6 Å². The first-order valence-corrected chi connectivity index (χ1v) is 11.9. The van der Waals surface area contributed by atoms with Gasteiger partial charge in [0.2, 0.25) is 0 Å². The Labute approximate surface area is 191 Å². The first-order valence-electron chi connectivity index (χ1n) is 10.2. The van der Waals surface area contributed by atoms with Crippen molar-refractivity contribution in [3.63, 3.8) is 0 Å². The van der Waals surface area contributed by atoms with Crippen LogP contribution < -0.4 is 5.73 Å². The number of hydrogen-bond donors (Lipinski definition) is 1. The predicted octanol–water partition coefficient (Wildman–Crippen LogP) is 4.86. The van der Waals surface area contributed by atoms with Crippen molar-refractivity contribution in [2.24, 2.45) is 0 Å². The molecule has 3 N–H and O–H groups in total. The molecular formula is C23H37N2O3S2+. The Morgan fingerprint density at radius 2 is 1.93 bits per heavy atom. The lowest BCUT2D eigenvalue weighted by Crippen LogP contribution is -2.41. The van der Waals surface area contributed by atoms with Crippen LogP contribution in [-0.4, -0.2) is 42.8 Å². The predicted molar refractivity (Wildman–Crippen MR) is 132 cm³/mol. The van der Waals surface area contributed by atoms with Crippen molar-refractivity contribution < 1.29 is 20.0 Å². The van der Waals surface area contributed by atoms with Crippen LogP contribution in [0.3, 0.4) is 0 Å². The van der Waals surface area contributed by atoms with E-state index in [4.69, 9.17) is 21.7 Å². The van der Waals surface area contributed by atoms with Gasteiger partial charge in [0, 0.05) is 20.3 Å². The number of nitrogens with zero attached hydrogens (tertiary/aromatic N) is 1. The average Bonchev–Trinajstić information content (AvgIpc) is 2.74. The molecule has 0 heterocycles. The van der Waals surface area contributed by atoms with E-state index in [-0.39, 0.29) is 5.91 Å². The zero-order valence-corrected chi connectivity index (χ0v) is 20.6. The molecule has 168 valence electrons. The van der Waals surface area contributed by atoms with E-state index in [0.717, 1.165) is 24.1 Å². The highest BCUT2D eigenvalue weighted by Crippen LogP contribution is 2.20. The summed E-state index contributed by atoms with van der Waals surface area (Å²) in [6.45, 7) is 7.79. The van der Waals surface area contributed by atoms with Gasteiger partial charge in [0.15, 0.2) is 0 Å². The highest BCUT2D eigenvalue weighted by Gasteiger charge is 2.16. The molecule has 0 aromatic heterocycles. The van der Waals surface area contributed by atoms with E-state index in [1.807, 2.05) is 43.5 Å². The Hall–Kier alpha value is -1.67. The van der Waals surface area contributed by atoms with Crippen molar-refractivity contribution in [2.45, 2.75) is 46.6 Å². The number of carbonyl (C=O) groups excluding carboxylic acids is 1. The number of allylic oxidation sites excluding steroid dienone is 2. The SMILES string of the molecule is CC/C=C(/C=C(/SC)C(=O)N(C=S)CCCOC)OCc1ccccc1[NH3+].CCC. The van der Waals surface area contributed by atoms with Crippen LogP contribution >= 0.6 is 24.0 Å². The molecule has 0 saturated heterocycles. The lowest BCUT2D eigenvalue weighted by atomic mass is 10.2. The number of amides is 1. The minimum absolute atomic E-state index is 0.128. The number of rotatable bonds is 12. The van der Waals surface area contributed by atoms with E-state index in [9.17, 15) is 4.79 Å². The maximum absolute atomic E-state index is 12.8. The van der Waals surface area contributed by atoms with Gasteiger partial charge in [-0.1, -0.05) is 51.5 Å². The van der Waals surface area contributed by atoms with Gasteiger partial charge in [-0.3, -0.25) is 4.79 Å². The number of thioether (sulfide) groups is 1. The molecule has 0 aliphatic carbocycles. The summed E-state index contributed by atoms with van der Waals surface area (Å²) in [5, 5.41) is 0. The molecule has 1 rings (SSSR count). The molecule has 0 saturated carbocycles. The van der Waals surface area contributed by atoms with Gasteiger partial charge in [-0.2, -0.15) is 0 Å². The van der Waals surface area contributed by atoms with Crippen LogP contribution in [0.2, 0.25) is 0 Å². The first-order chi connectivity index (χ1) is 14.5. The van der Waals surface area contributed by atoms with Gasteiger partial charge in [0.25, 0.3) is 5.91 Å². The fraction of sp³-hybridized carbons (Fsp3) is 0.478. The molecule has 0 atom stereocenters.